The second-order valence-corrected chi connectivity index (χ2v) is 4.37. The van der Waals surface area contributed by atoms with Crippen molar-refractivity contribution in [3.63, 3.8) is 0 Å². The fourth-order valence-electron chi connectivity index (χ4n) is 1.73. The molecule has 2 atom stereocenters. The minimum Gasteiger partial charge on any atom is -0.465 e. The average Bonchev–Trinajstić information content (AvgIpc) is 2.86. The predicted octanol–water partition coefficient (Wildman–Crippen LogP) is 0.992. The van der Waals surface area contributed by atoms with Gasteiger partial charge < -0.3 is 25.1 Å². The van der Waals surface area contributed by atoms with Crippen molar-refractivity contribution in [1.82, 2.24) is 0 Å². The maximum atomic E-state index is 11.5. The molecule has 7 heteroatoms. The lowest BCUT2D eigenvalue weighted by Gasteiger charge is -2.18. The SMILES string of the molecule is CCOC(=O)C(N)C(O)c1cc(Cl)c2c(c1)OCO2. The largest absolute Gasteiger partial charge is 0.465 e. The number of hydrogen-bond donors (Lipinski definition) is 2. The summed E-state index contributed by atoms with van der Waals surface area (Å²) in [6.07, 6.45) is -1.23. The monoisotopic (exact) mass is 287 g/mol. The van der Waals surface area contributed by atoms with Gasteiger partial charge in [-0.25, -0.2) is 0 Å². The number of nitrogens with two attached hydrogens (primary N) is 1. The maximum absolute atomic E-state index is 11.5. The zero-order chi connectivity index (χ0) is 14.0. The van der Waals surface area contributed by atoms with E-state index in [2.05, 4.69) is 0 Å². The molecule has 3 N–H and O–H groups in total. The quantitative estimate of drug-likeness (QED) is 0.803. The number of fused-ring (bicyclic) bond motifs is 1. The Labute approximate surface area is 115 Å². The molecule has 0 aliphatic carbocycles. The summed E-state index contributed by atoms with van der Waals surface area (Å²) in [5, 5.41) is 10.4. The molecule has 6 nitrogen and oxygen atoms in total. The van der Waals surface area contributed by atoms with Crippen LogP contribution in [0.1, 0.15) is 18.6 Å². The highest BCUT2D eigenvalue weighted by Gasteiger charge is 2.28. The lowest BCUT2D eigenvalue weighted by molar-refractivity contribution is -0.147. The summed E-state index contributed by atoms with van der Waals surface area (Å²) in [5.41, 5.74) is 6.00. The van der Waals surface area contributed by atoms with Gasteiger partial charge in [-0.3, -0.25) is 4.79 Å². The summed E-state index contributed by atoms with van der Waals surface area (Å²) < 4.78 is 15.1. The summed E-state index contributed by atoms with van der Waals surface area (Å²) in [6.45, 7) is 1.92. The van der Waals surface area contributed by atoms with E-state index in [4.69, 9.17) is 31.5 Å². The number of hydrogen-bond acceptors (Lipinski definition) is 6. The van der Waals surface area contributed by atoms with Gasteiger partial charge in [0.2, 0.25) is 6.79 Å². The number of benzene rings is 1. The average molecular weight is 288 g/mol. The van der Waals surface area contributed by atoms with Crippen LogP contribution in [0.2, 0.25) is 5.02 Å². The zero-order valence-electron chi connectivity index (χ0n) is 10.3. The first-order valence-corrected chi connectivity index (χ1v) is 6.11. The molecule has 0 bridgehead atoms. The number of rotatable bonds is 4. The number of aliphatic hydroxyl groups is 1. The van der Waals surface area contributed by atoms with Gasteiger partial charge in [-0.05, 0) is 24.6 Å². The van der Waals surface area contributed by atoms with Gasteiger partial charge in [0.05, 0.1) is 11.6 Å². The minimum atomic E-state index is -1.23. The molecule has 1 aliphatic rings. The van der Waals surface area contributed by atoms with Crippen molar-refractivity contribution in [1.29, 1.82) is 0 Å². The summed E-state index contributed by atoms with van der Waals surface area (Å²) >= 11 is 5.99. The van der Waals surface area contributed by atoms with Crippen LogP contribution in [0.4, 0.5) is 0 Å². The highest BCUT2D eigenvalue weighted by Crippen LogP contribution is 2.41. The van der Waals surface area contributed by atoms with Crippen molar-refractivity contribution in [2.75, 3.05) is 13.4 Å². The van der Waals surface area contributed by atoms with Gasteiger partial charge >= 0.3 is 5.97 Å². The molecule has 1 aromatic carbocycles. The number of halogens is 1. The van der Waals surface area contributed by atoms with E-state index in [0.717, 1.165) is 0 Å². The molecule has 104 valence electrons. The fourth-order valence-corrected chi connectivity index (χ4v) is 2.01. The third-order valence-electron chi connectivity index (χ3n) is 2.69. The molecule has 0 fully saturated rings. The molecule has 0 aromatic heterocycles. The molecule has 0 radical (unpaired) electrons. The van der Waals surface area contributed by atoms with Gasteiger partial charge in [-0.15, -0.1) is 0 Å². The van der Waals surface area contributed by atoms with Crippen LogP contribution in [0.15, 0.2) is 12.1 Å². The van der Waals surface area contributed by atoms with Crippen LogP contribution < -0.4 is 15.2 Å². The molecule has 1 heterocycles. The Balaban J connectivity index is 2.22. The molecule has 0 saturated carbocycles. The van der Waals surface area contributed by atoms with Gasteiger partial charge in [-0.2, -0.15) is 0 Å². The first-order valence-electron chi connectivity index (χ1n) is 5.74. The van der Waals surface area contributed by atoms with Gasteiger partial charge in [0.25, 0.3) is 0 Å². The Morgan fingerprint density at radius 1 is 1.58 bits per heavy atom. The van der Waals surface area contributed by atoms with Crippen LogP contribution in [0.25, 0.3) is 0 Å². The highest BCUT2D eigenvalue weighted by atomic mass is 35.5. The van der Waals surface area contributed by atoms with Crippen molar-refractivity contribution in [3.05, 3.63) is 22.7 Å². The molecular formula is C12H14ClNO5. The standard InChI is InChI=1S/C12H14ClNO5/c1-2-17-12(16)9(14)10(15)6-3-7(13)11-8(4-6)18-5-19-11/h3-4,9-10,15H,2,5,14H2,1H3. The van der Waals surface area contributed by atoms with E-state index in [1.807, 2.05) is 0 Å². The van der Waals surface area contributed by atoms with Crippen molar-refractivity contribution >= 4 is 17.6 Å². The van der Waals surface area contributed by atoms with E-state index in [0.29, 0.717) is 22.1 Å². The van der Waals surface area contributed by atoms with Crippen LogP contribution in [0.3, 0.4) is 0 Å². The lowest BCUT2D eigenvalue weighted by Crippen LogP contribution is -2.38. The molecule has 0 amide bonds. The van der Waals surface area contributed by atoms with Crippen molar-refractivity contribution in [2.45, 2.75) is 19.1 Å². The van der Waals surface area contributed by atoms with Crippen LogP contribution in [-0.2, 0) is 9.53 Å². The number of carbonyl (C=O) groups excluding carboxylic acids is 1. The highest BCUT2D eigenvalue weighted by molar-refractivity contribution is 6.32. The van der Waals surface area contributed by atoms with E-state index in [1.165, 1.54) is 12.1 Å². The van der Waals surface area contributed by atoms with Crippen molar-refractivity contribution in [3.8, 4) is 11.5 Å². The topological polar surface area (TPSA) is 91.0 Å². The zero-order valence-corrected chi connectivity index (χ0v) is 11.0. The Morgan fingerprint density at radius 3 is 3.00 bits per heavy atom. The molecule has 2 rings (SSSR count). The summed E-state index contributed by atoms with van der Waals surface area (Å²) in [6, 6.07) is 1.84. The first-order chi connectivity index (χ1) is 9.04. The van der Waals surface area contributed by atoms with E-state index in [9.17, 15) is 9.90 Å². The van der Waals surface area contributed by atoms with E-state index in [-0.39, 0.29) is 13.4 Å². The van der Waals surface area contributed by atoms with Crippen LogP contribution in [0, 0.1) is 0 Å². The molecule has 2 unspecified atom stereocenters. The van der Waals surface area contributed by atoms with E-state index >= 15 is 0 Å². The lowest BCUT2D eigenvalue weighted by atomic mass is 10.0. The van der Waals surface area contributed by atoms with Crippen LogP contribution >= 0.6 is 11.6 Å². The molecule has 1 aliphatic heterocycles. The second kappa shape index (κ2) is 5.64. The number of ether oxygens (including phenoxy) is 3. The van der Waals surface area contributed by atoms with Gasteiger partial charge in [0, 0.05) is 0 Å². The second-order valence-electron chi connectivity index (χ2n) is 3.96. The Bertz CT molecular complexity index is 493. The molecule has 1 aromatic rings. The van der Waals surface area contributed by atoms with Crippen LogP contribution in [-0.4, -0.2) is 30.5 Å². The smallest absolute Gasteiger partial charge is 0.325 e. The normalized spacial score (nSPS) is 16.0. The fraction of sp³-hybridized carbons (Fsp3) is 0.417. The van der Waals surface area contributed by atoms with Crippen LogP contribution in [0.5, 0.6) is 11.5 Å². The van der Waals surface area contributed by atoms with Gasteiger partial charge in [0.15, 0.2) is 11.5 Å². The summed E-state index contributed by atoms with van der Waals surface area (Å²) in [5.74, 6) is 0.156. The minimum absolute atomic E-state index is 0.0680. The Kier molecular flexibility index (Phi) is 4.14. The van der Waals surface area contributed by atoms with E-state index in [1.54, 1.807) is 6.92 Å². The van der Waals surface area contributed by atoms with E-state index < -0.39 is 18.1 Å². The number of carbonyl (C=O) groups is 1. The Hall–Kier alpha value is -1.50. The molecule has 0 saturated heterocycles. The van der Waals surface area contributed by atoms with Gasteiger partial charge in [-0.1, -0.05) is 11.6 Å². The Morgan fingerprint density at radius 2 is 2.32 bits per heavy atom. The molecule has 0 spiro atoms. The maximum Gasteiger partial charge on any atom is 0.325 e. The third-order valence-corrected chi connectivity index (χ3v) is 2.97. The third kappa shape index (κ3) is 2.75. The first kappa shape index (κ1) is 13.9. The molecular weight excluding hydrogens is 274 g/mol. The summed E-state index contributed by atoms with van der Waals surface area (Å²) in [7, 11) is 0. The number of esters is 1. The predicted molar refractivity (Wildman–Crippen MR) is 67.1 cm³/mol. The van der Waals surface area contributed by atoms with Crippen molar-refractivity contribution in [2.24, 2.45) is 5.73 Å². The summed E-state index contributed by atoms with van der Waals surface area (Å²) in [4.78, 5) is 11.5. The molecule has 19 heavy (non-hydrogen) atoms. The van der Waals surface area contributed by atoms with Crippen molar-refractivity contribution < 1.29 is 24.1 Å². The van der Waals surface area contributed by atoms with Gasteiger partial charge in [0.1, 0.15) is 12.1 Å². The number of aliphatic hydroxyl groups excluding tert-OH is 1.